The molecule has 19 heavy (non-hydrogen) atoms. The van der Waals surface area contributed by atoms with Crippen molar-refractivity contribution in [2.24, 2.45) is 0 Å². The molecule has 0 aliphatic carbocycles. The van der Waals surface area contributed by atoms with Gasteiger partial charge >= 0.3 is 5.97 Å². The fourth-order valence-electron chi connectivity index (χ4n) is 1.84. The summed E-state index contributed by atoms with van der Waals surface area (Å²) < 4.78 is 20.5. The van der Waals surface area contributed by atoms with Crippen molar-refractivity contribution in [1.82, 2.24) is 0 Å². The highest BCUT2D eigenvalue weighted by Crippen LogP contribution is 2.43. The lowest BCUT2D eigenvalue weighted by Gasteiger charge is -2.13. The van der Waals surface area contributed by atoms with Gasteiger partial charge in [0.15, 0.2) is 11.5 Å². The highest BCUT2D eigenvalue weighted by atomic mass is 16.7. The lowest BCUT2D eigenvalue weighted by molar-refractivity contribution is -0.145. The number of aliphatic hydroxyl groups excluding tert-OH is 1. The molecule has 0 spiro atoms. The van der Waals surface area contributed by atoms with Crippen LogP contribution in [0.5, 0.6) is 17.2 Å². The molecule has 2 rings (SSSR count). The van der Waals surface area contributed by atoms with Crippen LogP contribution >= 0.6 is 0 Å². The van der Waals surface area contributed by atoms with E-state index in [1.165, 1.54) is 7.11 Å². The first-order valence-corrected chi connectivity index (χ1v) is 5.97. The molecular formula is C13H16O6. The van der Waals surface area contributed by atoms with Crippen molar-refractivity contribution in [3.8, 4) is 17.2 Å². The molecule has 1 heterocycles. The largest absolute Gasteiger partial charge is 0.493 e. The summed E-state index contributed by atoms with van der Waals surface area (Å²) in [5.74, 6) is 1.02. The molecule has 0 radical (unpaired) electrons. The summed E-state index contributed by atoms with van der Waals surface area (Å²) in [5.41, 5.74) is 0.522. The topological polar surface area (TPSA) is 74.2 Å². The number of carbonyl (C=O) groups excluding carboxylic acids is 1. The Kier molecular flexibility index (Phi) is 4.11. The van der Waals surface area contributed by atoms with Gasteiger partial charge in [0.25, 0.3) is 0 Å². The fourth-order valence-corrected chi connectivity index (χ4v) is 1.84. The minimum Gasteiger partial charge on any atom is -0.493 e. The van der Waals surface area contributed by atoms with E-state index in [9.17, 15) is 9.90 Å². The van der Waals surface area contributed by atoms with Crippen molar-refractivity contribution in [2.75, 3.05) is 20.5 Å². The fraction of sp³-hybridized carbons (Fsp3) is 0.462. The summed E-state index contributed by atoms with van der Waals surface area (Å²) in [6, 6.07) is 3.26. The Morgan fingerprint density at radius 2 is 2.26 bits per heavy atom. The van der Waals surface area contributed by atoms with Crippen LogP contribution in [0.4, 0.5) is 0 Å². The van der Waals surface area contributed by atoms with Crippen molar-refractivity contribution < 1.29 is 28.8 Å². The molecule has 6 nitrogen and oxygen atoms in total. The summed E-state index contributed by atoms with van der Waals surface area (Å²) >= 11 is 0. The van der Waals surface area contributed by atoms with Gasteiger partial charge in [0.1, 0.15) is 0 Å². The highest BCUT2D eigenvalue weighted by Gasteiger charge is 2.23. The van der Waals surface area contributed by atoms with Gasteiger partial charge in [-0.3, -0.25) is 4.79 Å². The Hall–Kier alpha value is -1.95. The van der Waals surface area contributed by atoms with E-state index >= 15 is 0 Å². The zero-order chi connectivity index (χ0) is 13.8. The van der Waals surface area contributed by atoms with E-state index in [1.807, 2.05) is 0 Å². The molecule has 1 aromatic carbocycles. The van der Waals surface area contributed by atoms with Gasteiger partial charge in [0.05, 0.1) is 26.2 Å². The number of fused-ring (bicyclic) bond motifs is 1. The van der Waals surface area contributed by atoms with E-state index in [0.717, 1.165) is 0 Å². The zero-order valence-corrected chi connectivity index (χ0v) is 10.8. The van der Waals surface area contributed by atoms with Gasteiger partial charge in [0.2, 0.25) is 12.5 Å². The van der Waals surface area contributed by atoms with Crippen molar-refractivity contribution >= 4 is 5.97 Å². The number of benzene rings is 1. The second kappa shape index (κ2) is 5.79. The molecule has 1 aromatic rings. The average molecular weight is 268 g/mol. The monoisotopic (exact) mass is 268 g/mol. The summed E-state index contributed by atoms with van der Waals surface area (Å²) in [4.78, 5) is 11.3. The molecule has 1 atom stereocenters. The second-order valence-electron chi connectivity index (χ2n) is 3.98. The van der Waals surface area contributed by atoms with Gasteiger partial charge < -0.3 is 24.1 Å². The smallest absolute Gasteiger partial charge is 0.308 e. The first kappa shape index (κ1) is 13.5. The molecule has 1 N–H and O–H groups in total. The van der Waals surface area contributed by atoms with E-state index in [0.29, 0.717) is 22.8 Å². The number of aliphatic hydroxyl groups is 1. The molecule has 1 aliphatic rings. The molecule has 104 valence electrons. The van der Waals surface area contributed by atoms with E-state index in [2.05, 4.69) is 0 Å². The Labute approximate surface area is 110 Å². The number of carbonyl (C=O) groups is 1. The van der Waals surface area contributed by atoms with Crippen LogP contribution in [-0.4, -0.2) is 31.6 Å². The summed E-state index contributed by atoms with van der Waals surface area (Å²) in [6.45, 7) is 2.12. The van der Waals surface area contributed by atoms with Crippen LogP contribution < -0.4 is 14.2 Å². The first-order chi connectivity index (χ1) is 9.15. The van der Waals surface area contributed by atoms with Crippen molar-refractivity contribution in [1.29, 1.82) is 0 Å². The summed E-state index contributed by atoms with van der Waals surface area (Å²) in [6.07, 6.45) is -1.08. The molecule has 0 bridgehead atoms. The summed E-state index contributed by atoms with van der Waals surface area (Å²) in [7, 11) is 1.50. The highest BCUT2D eigenvalue weighted by molar-refractivity contribution is 5.70. The molecule has 0 saturated carbocycles. The minimum atomic E-state index is -0.970. The number of esters is 1. The Balaban J connectivity index is 2.18. The van der Waals surface area contributed by atoms with Gasteiger partial charge in [-0.2, -0.15) is 0 Å². The normalized spacial score (nSPS) is 14.1. The Morgan fingerprint density at radius 3 is 2.95 bits per heavy atom. The van der Waals surface area contributed by atoms with Crippen LogP contribution in [0, 0.1) is 0 Å². The third-order valence-corrected chi connectivity index (χ3v) is 2.73. The average Bonchev–Trinajstić information content (AvgIpc) is 2.85. The first-order valence-electron chi connectivity index (χ1n) is 5.97. The van der Waals surface area contributed by atoms with Gasteiger partial charge in [-0.05, 0) is 24.6 Å². The van der Waals surface area contributed by atoms with Gasteiger partial charge in [-0.15, -0.1) is 0 Å². The third kappa shape index (κ3) is 2.90. The Morgan fingerprint density at radius 1 is 1.47 bits per heavy atom. The number of hydrogen-bond donors (Lipinski definition) is 1. The number of hydrogen-bond acceptors (Lipinski definition) is 6. The molecule has 0 aromatic heterocycles. The van der Waals surface area contributed by atoms with Crippen molar-refractivity contribution in [3.05, 3.63) is 17.7 Å². The predicted molar refractivity (Wildman–Crippen MR) is 65.3 cm³/mol. The maximum atomic E-state index is 11.3. The minimum absolute atomic E-state index is 0.114. The van der Waals surface area contributed by atoms with Crippen LogP contribution in [0.15, 0.2) is 12.1 Å². The molecular weight excluding hydrogens is 252 g/mol. The molecule has 0 saturated heterocycles. The van der Waals surface area contributed by atoms with Gasteiger partial charge in [0, 0.05) is 0 Å². The number of ether oxygens (including phenoxy) is 4. The van der Waals surface area contributed by atoms with Gasteiger partial charge in [-0.25, -0.2) is 0 Å². The number of rotatable bonds is 5. The molecule has 1 aliphatic heterocycles. The standard InChI is InChI=1S/C13H16O6/c1-3-17-12(15)6-9(14)8-4-10(16-2)13-11(5-8)18-7-19-13/h4-5,9,14H,3,6-7H2,1-2H3. The van der Waals surface area contributed by atoms with Crippen molar-refractivity contribution in [2.45, 2.75) is 19.4 Å². The molecule has 6 heteroatoms. The SMILES string of the molecule is CCOC(=O)CC(O)c1cc(OC)c2c(c1)OCO2. The van der Waals surface area contributed by atoms with Crippen LogP contribution in [0.3, 0.4) is 0 Å². The van der Waals surface area contributed by atoms with E-state index < -0.39 is 12.1 Å². The lowest BCUT2D eigenvalue weighted by Crippen LogP contribution is -2.10. The quantitative estimate of drug-likeness (QED) is 0.814. The summed E-state index contributed by atoms with van der Waals surface area (Å²) in [5, 5.41) is 10.0. The van der Waals surface area contributed by atoms with Gasteiger partial charge in [-0.1, -0.05) is 0 Å². The predicted octanol–water partition coefficient (Wildman–Crippen LogP) is 1.41. The van der Waals surface area contributed by atoms with Crippen LogP contribution in [0.2, 0.25) is 0 Å². The molecule has 0 fully saturated rings. The van der Waals surface area contributed by atoms with E-state index in [4.69, 9.17) is 18.9 Å². The number of methoxy groups -OCH3 is 1. The van der Waals surface area contributed by atoms with Crippen LogP contribution in [0.25, 0.3) is 0 Å². The lowest BCUT2D eigenvalue weighted by atomic mass is 10.1. The second-order valence-corrected chi connectivity index (χ2v) is 3.98. The van der Waals surface area contributed by atoms with E-state index in [-0.39, 0.29) is 19.8 Å². The van der Waals surface area contributed by atoms with Crippen molar-refractivity contribution in [3.63, 3.8) is 0 Å². The van der Waals surface area contributed by atoms with E-state index in [1.54, 1.807) is 19.1 Å². The molecule has 1 unspecified atom stereocenters. The van der Waals surface area contributed by atoms with Crippen LogP contribution in [-0.2, 0) is 9.53 Å². The third-order valence-electron chi connectivity index (χ3n) is 2.73. The molecule has 0 amide bonds. The maximum absolute atomic E-state index is 11.3. The Bertz CT molecular complexity index is 470. The maximum Gasteiger partial charge on any atom is 0.308 e. The van der Waals surface area contributed by atoms with Crippen LogP contribution in [0.1, 0.15) is 25.0 Å². The zero-order valence-electron chi connectivity index (χ0n) is 10.8.